The Morgan fingerprint density at radius 1 is 1.75 bits per heavy atom. The normalized spacial score (nSPS) is 7.50. The molecule has 4 heteroatoms. The van der Waals surface area contributed by atoms with Crippen LogP contribution in [0, 0.1) is 0 Å². The third-order valence-corrected chi connectivity index (χ3v) is 0. The molecule has 0 heterocycles. The van der Waals surface area contributed by atoms with E-state index in [0.717, 1.165) is 0 Å². The molecule has 0 aliphatic carbocycles. The van der Waals surface area contributed by atoms with Gasteiger partial charge in [-0.2, -0.15) is 0 Å². The molecule has 0 rings (SSSR count). The van der Waals surface area contributed by atoms with E-state index in [1.54, 1.807) is 0 Å². The third-order valence-electron chi connectivity index (χ3n) is 0. The van der Waals surface area contributed by atoms with Gasteiger partial charge in [-0.05, 0) is 15.5 Å². The molecule has 1 atom stereocenters. The summed E-state index contributed by atoms with van der Waals surface area (Å²) in [4.78, 5) is 0. The second-order valence-corrected chi connectivity index (χ2v) is 3.34. The second-order valence-electron chi connectivity index (χ2n) is 0.0714. The van der Waals surface area contributed by atoms with E-state index < -0.39 is 0 Å². The van der Waals surface area contributed by atoms with Gasteiger partial charge in [-0.1, -0.05) is 11.2 Å². The Bertz CT molecular complexity index is 8.00. The van der Waals surface area contributed by atoms with Gasteiger partial charge in [0.05, 0.1) is 0 Å². The number of halogens is 2. The molecular weight excluding hydrogens is 268 g/mol. The summed E-state index contributed by atoms with van der Waals surface area (Å²) >= 11 is 7.88. The molecule has 0 aromatic carbocycles. The fourth-order valence-electron chi connectivity index (χ4n) is 0. The molecule has 0 bridgehead atoms. The summed E-state index contributed by atoms with van der Waals surface area (Å²) in [5.41, 5.74) is 0. The average molecular weight is 271 g/mol. The molecule has 0 fully saturated rings. The van der Waals surface area contributed by atoms with Crippen LogP contribution < -0.4 is 0 Å². The Kier molecular flexibility index (Phi) is 20.9. The zero-order valence-corrected chi connectivity index (χ0v) is 8.47. The molecule has 27 valence electrons. The summed E-state index contributed by atoms with van der Waals surface area (Å²) in [6.07, 6.45) is 0. The zero-order valence-electron chi connectivity index (χ0n) is 1.83. The Morgan fingerprint density at radius 2 is 1.75 bits per heavy atom. The summed E-state index contributed by atoms with van der Waals surface area (Å²) in [5.74, 6) is 0. The van der Waals surface area contributed by atoms with Gasteiger partial charge in [0.2, 0.25) is 0 Å². The zero-order chi connectivity index (χ0) is 2.71. The predicted octanol–water partition coefficient (Wildman–Crippen LogP) is 1.21. The summed E-state index contributed by atoms with van der Waals surface area (Å²) in [6, 6.07) is 0. The standard InChI is InChI=1S/BrClHP.Sb.2H/c1-3-2;;;/h3H;;;. The summed E-state index contributed by atoms with van der Waals surface area (Å²) in [7, 11) is 0. The van der Waals surface area contributed by atoms with Crippen molar-refractivity contribution in [2.75, 3.05) is 0 Å². The molecule has 1 unspecified atom stereocenters. The fourth-order valence-corrected chi connectivity index (χ4v) is 0. The molecule has 0 aliphatic rings. The van der Waals surface area contributed by atoms with E-state index in [0.29, 0.717) is 6.64 Å². The van der Waals surface area contributed by atoms with Crippen LogP contribution in [-0.2, 0) is 0 Å². The number of hydrogen-bond acceptors (Lipinski definition) is 0. The quantitative estimate of drug-likeness (QED) is 0.459. The summed E-state index contributed by atoms with van der Waals surface area (Å²) < 4.78 is 0. The van der Waals surface area contributed by atoms with Gasteiger partial charge in [0.25, 0.3) is 0 Å². The Morgan fingerprint density at radius 3 is 1.75 bits per heavy atom. The van der Waals surface area contributed by atoms with Crippen LogP contribution >= 0.6 is 33.4 Å². The van der Waals surface area contributed by atoms with Gasteiger partial charge in [0, 0.05) is 6.64 Å². The van der Waals surface area contributed by atoms with Crippen LogP contribution in [0.3, 0.4) is 0 Å². The first kappa shape index (κ1) is 9.39. The molecule has 0 aromatic rings. The first-order valence-corrected chi connectivity index (χ1v) is 4.65. The maximum absolute atomic E-state index is 4.94. The van der Waals surface area contributed by atoms with Crippen LogP contribution in [-0.4, -0.2) is 24.4 Å². The number of hydrogen-bond donors (Lipinski definition) is 0. The van der Waals surface area contributed by atoms with Gasteiger partial charge >= 0.3 is 24.4 Å². The third kappa shape index (κ3) is 8.99. The second kappa shape index (κ2) is 8.89. The van der Waals surface area contributed by atoms with E-state index >= 15 is 0 Å². The van der Waals surface area contributed by atoms with Gasteiger partial charge in [0.15, 0.2) is 0 Å². The first-order chi connectivity index (χ1) is 1.41. The van der Waals surface area contributed by atoms with Crippen molar-refractivity contribution in [2.45, 2.75) is 0 Å². The van der Waals surface area contributed by atoms with Gasteiger partial charge in [-0.25, -0.2) is 0 Å². The minimum atomic E-state index is 0. The molecule has 0 aliphatic heterocycles. The molecule has 0 N–H and O–H groups in total. The van der Waals surface area contributed by atoms with Crippen molar-refractivity contribution in [3.63, 3.8) is 0 Å². The molecule has 0 aromatic heterocycles. The van der Waals surface area contributed by atoms with E-state index in [1.165, 1.54) is 0 Å². The van der Waals surface area contributed by atoms with Crippen LogP contribution in [0.1, 0.15) is 0 Å². The molecule has 0 spiro atoms. The molecule has 0 saturated heterocycles. The van der Waals surface area contributed by atoms with Crippen molar-refractivity contribution in [1.29, 1.82) is 0 Å². The SMILES string of the molecule is ClPBr.[SbH2]. The Hall–Kier alpha value is 2.02. The van der Waals surface area contributed by atoms with E-state index in [4.69, 9.17) is 11.2 Å². The van der Waals surface area contributed by atoms with Crippen molar-refractivity contribution >= 4 is 57.8 Å². The molecule has 4 heavy (non-hydrogen) atoms. The first-order valence-electron chi connectivity index (χ1n) is 0.378. The van der Waals surface area contributed by atoms with E-state index in [-0.39, 0.29) is 24.4 Å². The molecule has 0 nitrogen and oxygen atoms in total. The fraction of sp³-hybridized carbons (Fsp3) is 0. The van der Waals surface area contributed by atoms with E-state index in [1.807, 2.05) is 0 Å². The predicted molar refractivity (Wildman–Crippen MR) is 31.6 cm³/mol. The van der Waals surface area contributed by atoms with E-state index in [2.05, 4.69) is 15.5 Å². The minimum absolute atomic E-state index is 0. The van der Waals surface area contributed by atoms with Crippen LogP contribution in [0.4, 0.5) is 0 Å². The van der Waals surface area contributed by atoms with Crippen LogP contribution in [0.2, 0.25) is 0 Å². The van der Waals surface area contributed by atoms with Crippen molar-refractivity contribution in [1.82, 2.24) is 0 Å². The summed E-state index contributed by atoms with van der Waals surface area (Å²) in [5, 5.41) is 0. The van der Waals surface area contributed by atoms with Crippen molar-refractivity contribution in [3.8, 4) is 0 Å². The van der Waals surface area contributed by atoms with Gasteiger partial charge in [-0.3, -0.25) is 0 Å². The number of rotatable bonds is 0. The van der Waals surface area contributed by atoms with Gasteiger partial charge in [0.1, 0.15) is 0 Å². The Balaban J connectivity index is 0. The van der Waals surface area contributed by atoms with Crippen LogP contribution in [0.5, 0.6) is 0 Å². The van der Waals surface area contributed by atoms with Crippen molar-refractivity contribution in [3.05, 3.63) is 0 Å². The molecule has 0 amide bonds. The molecular formula is H3BrClPSb. The van der Waals surface area contributed by atoms with E-state index in [9.17, 15) is 0 Å². The van der Waals surface area contributed by atoms with Crippen molar-refractivity contribution < 1.29 is 0 Å². The monoisotopic (exact) mass is 269 g/mol. The Labute approximate surface area is 57.4 Å². The average Bonchev–Trinajstić information content (AvgIpc) is 0.918. The summed E-state index contributed by atoms with van der Waals surface area (Å²) in [6.45, 7) is 0.368. The van der Waals surface area contributed by atoms with Gasteiger partial charge in [-0.15, -0.1) is 0 Å². The topological polar surface area (TPSA) is 0 Å². The van der Waals surface area contributed by atoms with Crippen LogP contribution in [0.15, 0.2) is 0 Å². The van der Waals surface area contributed by atoms with Gasteiger partial charge < -0.3 is 0 Å². The van der Waals surface area contributed by atoms with Crippen LogP contribution in [0.25, 0.3) is 0 Å². The molecule has 1 radical (unpaired) electrons. The van der Waals surface area contributed by atoms with Crippen molar-refractivity contribution in [2.24, 2.45) is 0 Å². The maximum atomic E-state index is 4.94. The molecule has 0 saturated carbocycles.